The van der Waals surface area contributed by atoms with Gasteiger partial charge in [-0.15, -0.1) is 0 Å². The van der Waals surface area contributed by atoms with Crippen LogP contribution in [0.1, 0.15) is 28.9 Å². The standard InChI is InChI=1S/C26H33N3O5/c1-20(30)28-10-11-29(25(19-28)21-6-8-23(32-2)9-7-21)26(31)22-4-3-5-24(18-22)34-17-14-27-12-15-33-16-13-27/h3-9,18,25H,10-17,19H2,1-2H3/t25-/m1/s1. The Morgan fingerprint density at radius 3 is 2.47 bits per heavy atom. The molecule has 182 valence electrons. The van der Waals surface area contributed by atoms with Gasteiger partial charge < -0.3 is 24.0 Å². The number of piperazine rings is 1. The summed E-state index contributed by atoms with van der Waals surface area (Å²) in [4.78, 5) is 31.6. The molecule has 0 radical (unpaired) electrons. The Morgan fingerprint density at radius 2 is 1.76 bits per heavy atom. The minimum Gasteiger partial charge on any atom is -0.497 e. The lowest BCUT2D eigenvalue weighted by atomic mass is 10.0. The molecule has 0 spiro atoms. The second kappa shape index (κ2) is 11.4. The van der Waals surface area contributed by atoms with Crippen molar-refractivity contribution in [2.75, 3.05) is 66.2 Å². The van der Waals surface area contributed by atoms with Gasteiger partial charge in [0.2, 0.25) is 5.91 Å². The number of carbonyl (C=O) groups excluding carboxylic acids is 2. The average Bonchev–Trinajstić information content (AvgIpc) is 2.89. The topological polar surface area (TPSA) is 71.5 Å². The van der Waals surface area contributed by atoms with Crippen LogP contribution < -0.4 is 9.47 Å². The molecule has 4 rings (SSSR count). The van der Waals surface area contributed by atoms with E-state index in [9.17, 15) is 9.59 Å². The molecule has 1 atom stereocenters. The van der Waals surface area contributed by atoms with Crippen LogP contribution in [0.5, 0.6) is 11.5 Å². The summed E-state index contributed by atoms with van der Waals surface area (Å²) in [5, 5.41) is 0. The minimum absolute atomic E-state index is 0.0151. The van der Waals surface area contributed by atoms with E-state index < -0.39 is 0 Å². The van der Waals surface area contributed by atoms with Crippen molar-refractivity contribution in [3.8, 4) is 11.5 Å². The summed E-state index contributed by atoms with van der Waals surface area (Å²) in [6.07, 6.45) is 0. The van der Waals surface area contributed by atoms with Gasteiger partial charge in [-0.3, -0.25) is 14.5 Å². The molecule has 2 saturated heterocycles. The summed E-state index contributed by atoms with van der Waals surface area (Å²) in [6.45, 7) is 7.76. The van der Waals surface area contributed by atoms with Crippen molar-refractivity contribution in [2.24, 2.45) is 0 Å². The number of morpholine rings is 1. The molecule has 2 heterocycles. The number of amides is 2. The third kappa shape index (κ3) is 5.87. The molecule has 2 aromatic rings. The van der Waals surface area contributed by atoms with Crippen LogP contribution in [0.25, 0.3) is 0 Å². The van der Waals surface area contributed by atoms with E-state index in [-0.39, 0.29) is 17.9 Å². The van der Waals surface area contributed by atoms with Crippen molar-refractivity contribution in [3.05, 3.63) is 59.7 Å². The lowest BCUT2D eigenvalue weighted by Crippen LogP contribution is -2.51. The van der Waals surface area contributed by atoms with Crippen LogP contribution in [0.2, 0.25) is 0 Å². The molecule has 0 saturated carbocycles. The van der Waals surface area contributed by atoms with Gasteiger partial charge in [0.1, 0.15) is 18.1 Å². The number of benzene rings is 2. The second-order valence-electron chi connectivity index (χ2n) is 8.58. The predicted molar refractivity (Wildman–Crippen MR) is 128 cm³/mol. The highest BCUT2D eigenvalue weighted by molar-refractivity contribution is 5.95. The number of rotatable bonds is 7. The summed E-state index contributed by atoms with van der Waals surface area (Å²) in [6, 6.07) is 14.8. The normalized spacial score (nSPS) is 19.1. The molecule has 2 aliphatic heterocycles. The van der Waals surface area contributed by atoms with Crippen LogP contribution in [0.4, 0.5) is 0 Å². The zero-order valence-corrected chi connectivity index (χ0v) is 19.9. The molecule has 2 fully saturated rings. The van der Waals surface area contributed by atoms with E-state index in [0.29, 0.717) is 37.6 Å². The lowest BCUT2D eigenvalue weighted by Gasteiger charge is -2.41. The van der Waals surface area contributed by atoms with E-state index in [1.807, 2.05) is 53.4 Å². The highest BCUT2D eigenvalue weighted by Gasteiger charge is 2.33. The summed E-state index contributed by atoms with van der Waals surface area (Å²) in [5.41, 5.74) is 1.55. The van der Waals surface area contributed by atoms with Crippen molar-refractivity contribution < 1.29 is 23.8 Å². The van der Waals surface area contributed by atoms with E-state index in [0.717, 1.165) is 44.2 Å². The van der Waals surface area contributed by atoms with Crippen LogP contribution in [-0.4, -0.2) is 92.7 Å². The van der Waals surface area contributed by atoms with Crippen molar-refractivity contribution in [3.63, 3.8) is 0 Å². The van der Waals surface area contributed by atoms with Crippen molar-refractivity contribution >= 4 is 11.8 Å². The van der Waals surface area contributed by atoms with Crippen molar-refractivity contribution in [1.29, 1.82) is 0 Å². The fourth-order valence-electron chi connectivity index (χ4n) is 4.43. The first-order chi connectivity index (χ1) is 16.5. The molecule has 0 bridgehead atoms. The number of hydrogen-bond acceptors (Lipinski definition) is 6. The fraction of sp³-hybridized carbons (Fsp3) is 0.462. The smallest absolute Gasteiger partial charge is 0.254 e. The number of nitrogens with zero attached hydrogens (tertiary/aromatic N) is 3. The Labute approximate surface area is 201 Å². The monoisotopic (exact) mass is 467 g/mol. The second-order valence-corrected chi connectivity index (χ2v) is 8.58. The van der Waals surface area contributed by atoms with Gasteiger partial charge in [-0.05, 0) is 35.9 Å². The molecular formula is C26H33N3O5. The van der Waals surface area contributed by atoms with E-state index in [2.05, 4.69) is 4.90 Å². The first kappa shape index (κ1) is 24.0. The molecule has 2 aliphatic rings. The van der Waals surface area contributed by atoms with Gasteiger partial charge >= 0.3 is 0 Å². The highest BCUT2D eigenvalue weighted by Crippen LogP contribution is 2.29. The van der Waals surface area contributed by atoms with E-state index in [1.165, 1.54) is 0 Å². The first-order valence-electron chi connectivity index (χ1n) is 11.8. The van der Waals surface area contributed by atoms with Gasteiger partial charge in [-0.1, -0.05) is 18.2 Å². The first-order valence-corrected chi connectivity index (χ1v) is 11.8. The molecular weight excluding hydrogens is 434 g/mol. The Balaban J connectivity index is 1.46. The van der Waals surface area contributed by atoms with Crippen molar-refractivity contribution in [2.45, 2.75) is 13.0 Å². The van der Waals surface area contributed by atoms with Crippen LogP contribution in [-0.2, 0) is 9.53 Å². The SMILES string of the molecule is COc1ccc([C@H]2CN(C(C)=O)CCN2C(=O)c2cccc(OCCN3CCOCC3)c2)cc1. The molecule has 2 aromatic carbocycles. The van der Waals surface area contributed by atoms with Crippen LogP contribution in [0, 0.1) is 0 Å². The third-order valence-electron chi connectivity index (χ3n) is 6.45. The number of carbonyl (C=O) groups is 2. The number of methoxy groups -OCH3 is 1. The van der Waals surface area contributed by atoms with Gasteiger partial charge in [-0.2, -0.15) is 0 Å². The highest BCUT2D eigenvalue weighted by atomic mass is 16.5. The van der Waals surface area contributed by atoms with Crippen LogP contribution in [0.3, 0.4) is 0 Å². The Kier molecular flexibility index (Phi) is 8.03. The maximum atomic E-state index is 13.6. The summed E-state index contributed by atoms with van der Waals surface area (Å²) in [7, 11) is 1.62. The molecule has 0 aliphatic carbocycles. The van der Waals surface area contributed by atoms with E-state index in [1.54, 1.807) is 18.9 Å². The Hall–Kier alpha value is -3.10. The van der Waals surface area contributed by atoms with Gasteiger partial charge in [0.25, 0.3) is 5.91 Å². The predicted octanol–water partition coefficient (Wildman–Crippen LogP) is 2.45. The minimum atomic E-state index is -0.234. The van der Waals surface area contributed by atoms with Crippen LogP contribution >= 0.6 is 0 Å². The lowest BCUT2D eigenvalue weighted by molar-refractivity contribution is -0.131. The summed E-state index contributed by atoms with van der Waals surface area (Å²) >= 11 is 0. The average molecular weight is 468 g/mol. The molecule has 0 unspecified atom stereocenters. The van der Waals surface area contributed by atoms with Crippen LogP contribution in [0.15, 0.2) is 48.5 Å². The molecule has 0 N–H and O–H groups in total. The molecule has 0 aromatic heterocycles. The molecule has 34 heavy (non-hydrogen) atoms. The summed E-state index contributed by atoms with van der Waals surface area (Å²) in [5.74, 6) is 1.38. The summed E-state index contributed by atoms with van der Waals surface area (Å²) < 4.78 is 16.6. The molecule has 8 heteroatoms. The quantitative estimate of drug-likeness (QED) is 0.623. The Morgan fingerprint density at radius 1 is 1.00 bits per heavy atom. The van der Waals surface area contributed by atoms with E-state index >= 15 is 0 Å². The number of ether oxygens (including phenoxy) is 3. The molecule has 8 nitrogen and oxygen atoms in total. The third-order valence-corrected chi connectivity index (χ3v) is 6.45. The Bertz CT molecular complexity index is 975. The maximum absolute atomic E-state index is 13.6. The zero-order valence-electron chi connectivity index (χ0n) is 19.9. The maximum Gasteiger partial charge on any atom is 0.254 e. The molecule has 2 amide bonds. The zero-order chi connectivity index (χ0) is 23.9. The van der Waals surface area contributed by atoms with Gasteiger partial charge in [-0.25, -0.2) is 0 Å². The largest absolute Gasteiger partial charge is 0.497 e. The fourth-order valence-corrected chi connectivity index (χ4v) is 4.43. The van der Waals surface area contributed by atoms with Gasteiger partial charge in [0.05, 0.1) is 26.4 Å². The van der Waals surface area contributed by atoms with Crippen molar-refractivity contribution in [1.82, 2.24) is 14.7 Å². The number of hydrogen-bond donors (Lipinski definition) is 0. The van der Waals surface area contributed by atoms with Gasteiger partial charge in [0, 0.05) is 51.8 Å². The van der Waals surface area contributed by atoms with Gasteiger partial charge in [0.15, 0.2) is 0 Å². The van der Waals surface area contributed by atoms with E-state index in [4.69, 9.17) is 14.2 Å².